The van der Waals surface area contributed by atoms with Crippen molar-refractivity contribution >= 4 is 29.3 Å². The van der Waals surface area contributed by atoms with E-state index in [1.54, 1.807) is 19.2 Å². The molecule has 0 heterocycles. The van der Waals surface area contributed by atoms with Crippen LogP contribution in [-0.2, 0) is 4.79 Å². The van der Waals surface area contributed by atoms with E-state index in [1.807, 2.05) is 19.1 Å². The van der Waals surface area contributed by atoms with E-state index < -0.39 is 0 Å². The SMILES string of the molecule is CC(Sc1ccc(Cl)cc1)C(=O)N(C)CCO. The molecule has 0 radical (unpaired) electrons. The van der Waals surface area contributed by atoms with E-state index in [-0.39, 0.29) is 17.8 Å². The maximum absolute atomic E-state index is 11.9. The number of aliphatic hydroxyl groups is 1. The van der Waals surface area contributed by atoms with Gasteiger partial charge in [0.05, 0.1) is 11.9 Å². The van der Waals surface area contributed by atoms with Gasteiger partial charge in [0, 0.05) is 23.5 Å². The molecule has 0 aliphatic carbocycles. The summed E-state index contributed by atoms with van der Waals surface area (Å²) in [4.78, 5) is 14.4. The Hall–Kier alpha value is -0.710. The molecule has 1 aromatic rings. The molecule has 1 N–H and O–H groups in total. The van der Waals surface area contributed by atoms with Crippen LogP contribution >= 0.6 is 23.4 Å². The third-order valence-corrected chi connectivity index (χ3v) is 3.64. The van der Waals surface area contributed by atoms with Crippen molar-refractivity contribution in [2.45, 2.75) is 17.1 Å². The monoisotopic (exact) mass is 273 g/mol. The van der Waals surface area contributed by atoms with Crippen LogP contribution in [0.2, 0.25) is 5.02 Å². The Bertz CT molecular complexity index is 369. The van der Waals surface area contributed by atoms with E-state index in [1.165, 1.54) is 16.7 Å². The minimum absolute atomic E-state index is 0.0130. The number of amides is 1. The van der Waals surface area contributed by atoms with Crippen LogP contribution in [0.4, 0.5) is 0 Å². The number of carbonyl (C=O) groups excluding carboxylic acids is 1. The average Bonchev–Trinajstić information content (AvgIpc) is 2.31. The van der Waals surface area contributed by atoms with Gasteiger partial charge in [-0.2, -0.15) is 0 Å². The first-order valence-electron chi connectivity index (χ1n) is 5.32. The number of hydrogen-bond donors (Lipinski definition) is 1. The fraction of sp³-hybridized carbons (Fsp3) is 0.417. The van der Waals surface area contributed by atoms with Crippen molar-refractivity contribution in [2.24, 2.45) is 0 Å². The molecule has 0 spiro atoms. The van der Waals surface area contributed by atoms with Gasteiger partial charge in [0.15, 0.2) is 0 Å². The Balaban J connectivity index is 2.56. The van der Waals surface area contributed by atoms with Gasteiger partial charge in [-0.15, -0.1) is 11.8 Å². The van der Waals surface area contributed by atoms with Crippen molar-refractivity contribution in [3.05, 3.63) is 29.3 Å². The van der Waals surface area contributed by atoms with Crippen LogP contribution < -0.4 is 0 Å². The van der Waals surface area contributed by atoms with Crippen molar-refractivity contribution in [1.29, 1.82) is 0 Å². The molecule has 3 nitrogen and oxygen atoms in total. The maximum Gasteiger partial charge on any atom is 0.235 e. The summed E-state index contributed by atoms with van der Waals surface area (Å²) in [7, 11) is 1.69. The molecule has 94 valence electrons. The van der Waals surface area contributed by atoms with E-state index >= 15 is 0 Å². The number of benzene rings is 1. The Morgan fingerprint density at radius 2 is 2.06 bits per heavy atom. The van der Waals surface area contributed by atoms with Crippen LogP contribution in [0, 0.1) is 0 Å². The van der Waals surface area contributed by atoms with Gasteiger partial charge < -0.3 is 10.0 Å². The zero-order chi connectivity index (χ0) is 12.8. The minimum Gasteiger partial charge on any atom is -0.395 e. The second kappa shape index (κ2) is 6.89. The third-order valence-electron chi connectivity index (χ3n) is 2.29. The Morgan fingerprint density at radius 3 is 2.59 bits per heavy atom. The van der Waals surface area contributed by atoms with Gasteiger partial charge in [0.25, 0.3) is 0 Å². The average molecular weight is 274 g/mol. The van der Waals surface area contributed by atoms with Crippen LogP contribution in [0.1, 0.15) is 6.92 Å². The standard InChI is InChI=1S/C12H16ClNO2S/c1-9(12(16)14(2)7-8-15)17-11-5-3-10(13)4-6-11/h3-6,9,15H,7-8H2,1-2H3. The van der Waals surface area contributed by atoms with Gasteiger partial charge in [0.2, 0.25) is 5.91 Å². The highest BCUT2D eigenvalue weighted by Crippen LogP contribution is 2.25. The molecule has 1 amide bonds. The highest BCUT2D eigenvalue weighted by Gasteiger charge is 2.17. The maximum atomic E-state index is 11.9. The van der Waals surface area contributed by atoms with Crippen molar-refractivity contribution in [2.75, 3.05) is 20.2 Å². The van der Waals surface area contributed by atoms with E-state index in [0.29, 0.717) is 11.6 Å². The smallest absolute Gasteiger partial charge is 0.235 e. The number of aliphatic hydroxyl groups excluding tert-OH is 1. The quantitative estimate of drug-likeness (QED) is 0.837. The molecule has 0 saturated heterocycles. The van der Waals surface area contributed by atoms with Gasteiger partial charge >= 0.3 is 0 Å². The highest BCUT2D eigenvalue weighted by atomic mass is 35.5. The normalized spacial score (nSPS) is 12.2. The number of halogens is 1. The minimum atomic E-state index is -0.173. The zero-order valence-corrected chi connectivity index (χ0v) is 11.5. The van der Waals surface area contributed by atoms with E-state index in [4.69, 9.17) is 16.7 Å². The summed E-state index contributed by atoms with van der Waals surface area (Å²) < 4.78 is 0. The Morgan fingerprint density at radius 1 is 1.47 bits per heavy atom. The molecule has 0 bridgehead atoms. The summed E-state index contributed by atoms with van der Waals surface area (Å²) in [5, 5.41) is 9.28. The number of likely N-dealkylation sites (N-methyl/N-ethyl adjacent to an activating group) is 1. The van der Waals surface area contributed by atoms with E-state index in [9.17, 15) is 4.79 Å². The van der Waals surface area contributed by atoms with Gasteiger partial charge in [-0.25, -0.2) is 0 Å². The van der Waals surface area contributed by atoms with E-state index in [0.717, 1.165) is 4.90 Å². The molecule has 17 heavy (non-hydrogen) atoms. The molecular formula is C12H16ClNO2S. The lowest BCUT2D eigenvalue weighted by atomic mass is 10.4. The predicted molar refractivity (Wildman–Crippen MR) is 71.5 cm³/mol. The summed E-state index contributed by atoms with van der Waals surface area (Å²) in [6, 6.07) is 7.39. The summed E-state index contributed by atoms with van der Waals surface area (Å²) in [6.07, 6.45) is 0. The number of carbonyl (C=O) groups is 1. The molecule has 1 aromatic carbocycles. The second-order valence-electron chi connectivity index (χ2n) is 3.70. The highest BCUT2D eigenvalue weighted by molar-refractivity contribution is 8.00. The second-order valence-corrected chi connectivity index (χ2v) is 5.55. The van der Waals surface area contributed by atoms with Crippen molar-refractivity contribution in [1.82, 2.24) is 4.90 Å². The number of nitrogens with zero attached hydrogens (tertiary/aromatic N) is 1. The van der Waals surface area contributed by atoms with Gasteiger partial charge in [-0.3, -0.25) is 4.79 Å². The Labute approximate surface area is 111 Å². The predicted octanol–water partition coefficient (Wildman–Crippen LogP) is 2.27. The van der Waals surface area contributed by atoms with Gasteiger partial charge in [-0.05, 0) is 31.2 Å². The van der Waals surface area contributed by atoms with Crippen molar-refractivity contribution < 1.29 is 9.90 Å². The molecule has 1 atom stereocenters. The summed E-state index contributed by atoms with van der Waals surface area (Å²) in [5.41, 5.74) is 0. The van der Waals surface area contributed by atoms with Crippen LogP contribution in [0.3, 0.4) is 0 Å². The van der Waals surface area contributed by atoms with Crippen molar-refractivity contribution in [3.63, 3.8) is 0 Å². The third kappa shape index (κ3) is 4.58. The van der Waals surface area contributed by atoms with E-state index in [2.05, 4.69) is 0 Å². The van der Waals surface area contributed by atoms with Crippen LogP contribution in [0.25, 0.3) is 0 Å². The van der Waals surface area contributed by atoms with Crippen LogP contribution in [0.5, 0.6) is 0 Å². The summed E-state index contributed by atoms with van der Waals surface area (Å²) in [6.45, 7) is 2.21. The van der Waals surface area contributed by atoms with Crippen LogP contribution in [-0.4, -0.2) is 41.4 Å². The lowest BCUT2D eigenvalue weighted by molar-refractivity contribution is -0.129. The largest absolute Gasteiger partial charge is 0.395 e. The number of hydrogen-bond acceptors (Lipinski definition) is 3. The number of rotatable bonds is 5. The van der Waals surface area contributed by atoms with Gasteiger partial charge in [0.1, 0.15) is 0 Å². The lowest BCUT2D eigenvalue weighted by Crippen LogP contribution is -2.35. The molecule has 0 aromatic heterocycles. The number of thioether (sulfide) groups is 1. The molecule has 0 aliphatic heterocycles. The summed E-state index contributed by atoms with van der Waals surface area (Å²) >= 11 is 7.27. The fourth-order valence-electron chi connectivity index (χ4n) is 1.34. The topological polar surface area (TPSA) is 40.5 Å². The molecule has 1 unspecified atom stereocenters. The zero-order valence-electron chi connectivity index (χ0n) is 9.89. The molecular weight excluding hydrogens is 258 g/mol. The first kappa shape index (κ1) is 14.4. The van der Waals surface area contributed by atoms with Crippen molar-refractivity contribution in [3.8, 4) is 0 Å². The molecule has 0 saturated carbocycles. The molecule has 0 aliphatic rings. The fourth-order valence-corrected chi connectivity index (χ4v) is 2.45. The molecule has 0 fully saturated rings. The first-order valence-corrected chi connectivity index (χ1v) is 6.58. The van der Waals surface area contributed by atoms with Gasteiger partial charge in [-0.1, -0.05) is 11.6 Å². The molecule has 5 heteroatoms. The summed E-state index contributed by atoms with van der Waals surface area (Å²) in [5.74, 6) is 0.0130. The first-order chi connectivity index (χ1) is 8.04. The lowest BCUT2D eigenvalue weighted by Gasteiger charge is -2.20. The van der Waals surface area contributed by atoms with Crippen LogP contribution in [0.15, 0.2) is 29.2 Å². The molecule has 1 rings (SSSR count). The Kier molecular flexibility index (Phi) is 5.82.